The molecule has 122 valence electrons. The van der Waals surface area contributed by atoms with Gasteiger partial charge in [0.05, 0.1) is 10.0 Å². The Labute approximate surface area is 147 Å². The maximum atomic E-state index is 12.5. The lowest BCUT2D eigenvalue weighted by Gasteiger charge is -2.35. The third-order valence-electron chi connectivity index (χ3n) is 4.66. The van der Waals surface area contributed by atoms with Crippen molar-refractivity contribution in [1.29, 1.82) is 0 Å². The van der Waals surface area contributed by atoms with Crippen molar-refractivity contribution < 1.29 is 4.79 Å². The second kappa shape index (κ2) is 7.87. The van der Waals surface area contributed by atoms with E-state index in [2.05, 4.69) is 5.32 Å². The average molecular weight is 364 g/mol. The fourth-order valence-corrected chi connectivity index (χ4v) is 3.73. The number of likely N-dealkylation sites (tertiary alicyclic amines) is 1. The molecule has 3 rings (SSSR count). The summed E-state index contributed by atoms with van der Waals surface area (Å²) >= 11 is 11.9. The molecule has 1 aromatic carbocycles. The molecule has 6 heteroatoms. The fraction of sp³-hybridized carbons (Fsp3) is 0.562. The lowest BCUT2D eigenvalue weighted by atomic mass is 9.88. The van der Waals surface area contributed by atoms with E-state index in [1.807, 2.05) is 4.90 Å². The van der Waals surface area contributed by atoms with Gasteiger partial charge >= 0.3 is 0 Å². The smallest absolute Gasteiger partial charge is 0.253 e. The summed E-state index contributed by atoms with van der Waals surface area (Å²) in [4.78, 5) is 14.4. The van der Waals surface area contributed by atoms with Crippen LogP contribution in [0.1, 0.15) is 36.0 Å². The number of nitrogens with one attached hydrogen (secondary N) is 1. The summed E-state index contributed by atoms with van der Waals surface area (Å²) in [5, 5.41) is 4.50. The predicted octanol–water partition coefficient (Wildman–Crippen LogP) is 4.02. The standard InChI is InChI=1S/C16H20Cl2N2O.ClH/c17-13-4-3-12(10-14(13)18)16(21)20-8-5-11(6-9-20)15-2-1-7-19-15;/h3-4,10-11,15,19H,1-2,5-9H2;1H. The van der Waals surface area contributed by atoms with E-state index in [9.17, 15) is 4.79 Å². The third kappa shape index (κ3) is 3.88. The van der Waals surface area contributed by atoms with Crippen LogP contribution in [0.5, 0.6) is 0 Å². The van der Waals surface area contributed by atoms with Crippen molar-refractivity contribution in [3.05, 3.63) is 33.8 Å². The highest BCUT2D eigenvalue weighted by atomic mass is 35.5. The van der Waals surface area contributed by atoms with Crippen LogP contribution >= 0.6 is 35.6 Å². The molecule has 22 heavy (non-hydrogen) atoms. The first-order valence-electron chi connectivity index (χ1n) is 7.63. The van der Waals surface area contributed by atoms with Crippen LogP contribution in [0, 0.1) is 5.92 Å². The van der Waals surface area contributed by atoms with E-state index in [4.69, 9.17) is 23.2 Å². The summed E-state index contributed by atoms with van der Waals surface area (Å²) in [5.41, 5.74) is 0.627. The van der Waals surface area contributed by atoms with Crippen molar-refractivity contribution in [3.63, 3.8) is 0 Å². The van der Waals surface area contributed by atoms with E-state index in [0.29, 0.717) is 27.6 Å². The van der Waals surface area contributed by atoms with Crippen LogP contribution in [-0.2, 0) is 0 Å². The molecule has 1 amide bonds. The van der Waals surface area contributed by atoms with E-state index in [1.165, 1.54) is 12.8 Å². The highest BCUT2D eigenvalue weighted by Crippen LogP contribution is 2.27. The minimum atomic E-state index is 0. The summed E-state index contributed by atoms with van der Waals surface area (Å²) < 4.78 is 0. The van der Waals surface area contributed by atoms with Crippen molar-refractivity contribution >= 4 is 41.5 Å². The predicted molar refractivity (Wildman–Crippen MR) is 93.4 cm³/mol. The van der Waals surface area contributed by atoms with Crippen molar-refractivity contribution in [2.45, 2.75) is 31.7 Å². The Morgan fingerprint density at radius 3 is 2.45 bits per heavy atom. The Kier molecular flexibility index (Phi) is 6.39. The van der Waals surface area contributed by atoms with Gasteiger partial charge in [-0.2, -0.15) is 0 Å². The fourth-order valence-electron chi connectivity index (χ4n) is 3.43. The van der Waals surface area contributed by atoms with Gasteiger partial charge in [-0.15, -0.1) is 12.4 Å². The number of carbonyl (C=O) groups excluding carboxylic acids is 1. The molecule has 3 nitrogen and oxygen atoms in total. The first-order valence-corrected chi connectivity index (χ1v) is 8.38. The molecule has 1 atom stereocenters. The van der Waals surface area contributed by atoms with E-state index in [1.54, 1.807) is 18.2 Å². The van der Waals surface area contributed by atoms with Gasteiger partial charge in [0.25, 0.3) is 5.91 Å². The molecule has 0 aliphatic carbocycles. The molecule has 1 N–H and O–H groups in total. The molecule has 2 aliphatic rings. The molecule has 2 heterocycles. The van der Waals surface area contributed by atoms with Crippen molar-refractivity contribution in [2.24, 2.45) is 5.92 Å². The molecule has 0 saturated carbocycles. The van der Waals surface area contributed by atoms with Crippen molar-refractivity contribution in [2.75, 3.05) is 19.6 Å². The average Bonchev–Trinajstić information content (AvgIpc) is 3.04. The molecule has 0 aromatic heterocycles. The van der Waals surface area contributed by atoms with Crippen LogP contribution in [0.2, 0.25) is 10.0 Å². The molecule has 1 unspecified atom stereocenters. The highest BCUT2D eigenvalue weighted by molar-refractivity contribution is 6.42. The molecule has 0 radical (unpaired) electrons. The quantitative estimate of drug-likeness (QED) is 0.860. The Bertz CT molecular complexity index is 524. The first-order chi connectivity index (χ1) is 10.1. The van der Waals surface area contributed by atoms with Gasteiger partial charge < -0.3 is 10.2 Å². The zero-order valence-electron chi connectivity index (χ0n) is 12.4. The monoisotopic (exact) mass is 362 g/mol. The van der Waals surface area contributed by atoms with Crippen LogP contribution in [0.15, 0.2) is 18.2 Å². The number of rotatable bonds is 2. The number of hydrogen-bond donors (Lipinski definition) is 1. The lowest BCUT2D eigenvalue weighted by Crippen LogP contribution is -2.43. The van der Waals surface area contributed by atoms with Gasteiger partial charge in [0.1, 0.15) is 0 Å². The summed E-state index contributed by atoms with van der Waals surface area (Å²) in [6.07, 6.45) is 4.74. The van der Waals surface area contributed by atoms with Gasteiger partial charge in [-0.05, 0) is 56.3 Å². The normalized spacial score (nSPS) is 22.5. The zero-order valence-corrected chi connectivity index (χ0v) is 14.7. The van der Waals surface area contributed by atoms with Crippen LogP contribution in [0.3, 0.4) is 0 Å². The van der Waals surface area contributed by atoms with E-state index >= 15 is 0 Å². The maximum absolute atomic E-state index is 12.5. The Balaban J connectivity index is 0.00000176. The molecular formula is C16H21Cl3N2O. The third-order valence-corrected chi connectivity index (χ3v) is 5.40. The van der Waals surface area contributed by atoms with E-state index < -0.39 is 0 Å². The van der Waals surface area contributed by atoms with Gasteiger partial charge in [0.2, 0.25) is 0 Å². The Morgan fingerprint density at radius 1 is 1.14 bits per heavy atom. The molecule has 2 saturated heterocycles. The summed E-state index contributed by atoms with van der Waals surface area (Å²) in [6, 6.07) is 5.76. The summed E-state index contributed by atoms with van der Waals surface area (Å²) in [5.74, 6) is 0.775. The van der Waals surface area contributed by atoms with Gasteiger partial charge in [0.15, 0.2) is 0 Å². The van der Waals surface area contributed by atoms with E-state index in [0.717, 1.165) is 32.5 Å². The number of halogens is 3. The van der Waals surface area contributed by atoms with Gasteiger partial charge in [-0.25, -0.2) is 0 Å². The number of hydrogen-bond acceptors (Lipinski definition) is 2. The number of nitrogens with zero attached hydrogens (tertiary/aromatic N) is 1. The minimum absolute atomic E-state index is 0. The molecule has 0 bridgehead atoms. The van der Waals surface area contributed by atoms with Crippen LogP contribution < -0.4 is 5.32 Å². The maximum Gasteiger partial charge on any atom is 0.253 e. The van der Waals surface area contributed by atoms with Gasteiger partial charge in [0, 0.05) is 24.7 Å². The highest BCUT2D eigenvalue weighted by Gasteiger charge is 2.30. The lowest BCUT2D eigenvalue weighted by molar-refractivity contribution is 0.0674. The number of piperidine rings is 1. The molecular weight excluding hydrogens is 343 g/mol. The second-order valence-electron chi connectivity index (χ2n) is 5.96. The molecule has 2 fully saturated rings. The molecule has 0 spiro atoms. The Morgan fingerprint density at radius 2 is 1.86 bits per heavy atom. The van der Waals surface area contributed by atoms with Gasteiger partial charge in [-0.1, -0.05) is 23.2 Å². The van der Waals surface area contributed by atoms with Crippen molar-refractivity contribution in [3.8, 4) is 0 Å². The molecule has 1 aromatic rings. The first kappa shape index (κ1) is 17.9. The summed E-state index contributed by atoms with van der Waals surface area (Å²) in [6.45, 7) is 2.82. The van der Waals surface area contributed by atoms with Crippen LogP contribution in [-0.4, -0.2) is 36.5 Å². The number of amides is 1. The second-order valence-corrected chi connectivity index (χ2v) is 6.78. The van der Waals surface area contributed by atoms with Crippen LogP contribution in [0.4, 0.5) is 0 Å². The minimum Gasteiger partial charge on any atom is -0.339 e. The SMILES string of the molecule is Cl.O=C(c1ccc(Cl)c(Cl)c1)N1CCC(C2CCCN2)CC1. The topological polar surface area (TPSA) is 32.3 Å². The number of carbonyl (C=O) groups is 1. The molecule has 2 aliphatic heterocycles. The Hall–Kier alpha value is -0.480. The van der Waals surface area contributed by atoms with E-state index in [-0.39, 0.29) is 18.3 Å². The zero-order chi connectivity index (χ0) is 14.8. The largest absolute Gasteiger partial charge is 0.339 e. The number of benzene rings is 1. The van der Waals surface area contributed by atoms with Gasteiger partial charge in [-0.3, -0.25) is 4.79 Å². The van der Waals surface area contributed by atoms with Crippen LogP contribution in [0.25, 0.3) is 0 Å². The van der Waals surface area contributed by atoms with Crippen molar-refractivity contribution in [1.82, 2.24) is 10.2 Å². The summed E-state index contributed by atoms with van der Waals surface area (Å²) in [7, 11) is 0.